The minimum atomic E-state index is -0.565. The van der Waals surface area contributed by atoms with E-state index in [1.807, 2.05) is 0 Å². The maximum atomic E-state index is 10.5. The Morgan fingerprint density at radius 3 is 2.88 bits per heavy atom. The first-order valence-corrected chi connectivity index (χ1v) is 5.90. The Balaban J connectivity index is 2.95. The number of rotatable bonds is 2. The third-order valence-electron chi connectivity index (χ3n) is 1.74. The molecule has 1 rings (SSSR count). The van der Waals surface area contributed by atoms with Gasteiger partial charge in [0, 0.05) is 11.8 Å². The Kier molecular flexibility index (Phi) is 4.75. The molecule has 88 valence electrons. The van der Waals surface area contributed by atoms with Gasteiger partial charge in [0.15, 0.2) is 5.17 Å². The standard InChI is InChI=1S/C9H7ClN4O2S/c1-17-9(12-5-11)13-6-2-3-8(14(15)16)7(10)4-6/h2-4H,1H3,(H,12,13). The summed E-state index contributed by atoms with van der Waals surface area (Å²) in [7, 11) is 0. The highest BCUT2D eigenvalue weighted by atomic mass is 35.5. The fraction of sp³-hybridized carbons (Fsp3) is 0.111. The van der Waals surface area contributed by atoms with Gasteiger partial charge in [0.25, 0.3) is 5.69 Å². The Labute approximate surface area is 106 Å². The Hall–Kier alpha value is -1.78. The fourth-order valence-electron chi connectivity index (χ4n) is 1.03. The molecule has 0 fully saturated rings. The summed E-state index contributed by atoms with van der Waals surface area (Å²) < 4.78 is 0. The van der Waals surface area contributed by atoms with Gasteiger partial charge in [-0.05, 0) is 18.4 Å². The van der Waals surface area contributed by atoms with Crippen molar-refractivity contribution < 1.29 is 4.92 Å². The quantitative estimate of drug-likeness (QED) is 0.293. The topological polar surface area (TPSA) is 91.3 Å². The molecular weight excluding hydrogens is 264 g/mol. The average Bonchev–Trinajstić information content (AvgIpc) is 2.28. The SMILES string of the molecule is CS/C(=N\C#N)Nc1ccc([N+](=O)[O-])c(Cl)c1. The number of nitrogens with zero attached hydrogens (tertiary/aromatic N) is 3. The van der Waals surface area contributed by atoms with E-state index in [0.717, 1.165) is 0 Å². The molecule has 0 bridgehead atoms. The number of anilines is 1. The number of thioether (sulfide) groups is 1. The van der Waals surface area contributed by atoms with Gasteiger partial charge in [-0.1, -0.05) is 23.4 Å². The lowest BCUT2D eigenvalue weighted by atomic mass is 10.3. The van der Waals surface area contributed by atoms with Gasteiger partial charge in [0.2, 0.25) is 6.19 Å². The molecule has 1 N–H and O–H groups in total. The van der Waals surface area contributed by atoms with E-state index in [4.69, 9.17) is 16.9 Å². The summed E-state index contributed by atoms with van der Waals surface area (Å²) in [4.78, 5) is 13.5. The molecule has 0 aliphatic carbocycles. The van der Waals surface area contributed by atoms with Crippen molar-refractivity contribution >= 4 is 39.9 Å². The third-order valence-corrected chi connectivity index (χ3v) is 2.62. The van der Waals surface area contributed by atoms with Crippen molar-refractivity contribution in [3.8, 4) is 6.19 Å². The molecule has 0 radical (unpaired) electrons. The van der Waals surface area contributed by atoms with Crippen LogP contribution in [0.25, 0.3) is 0 Å². The van der Waals surface area contributed by atoms with Crippen molar-refractivity contribution in [1.82, 2.24) is 0 Å². The average molecular weight is 271 g/mol. The first kappa shape index (κ1) is 13.3. The zero-order chi connectivity index (χ0) is 12.8. The predicted molar refractivity (Wildman–Crippen MR) is 68.3 cm³/mol. The molecule has 0 spiro atoms. The first-order valence-electron chi connectivity index (χ1n) is 4.30. The van der Waals surface area contributed by atoms with Crippen molar-refractivity contribution in [2.24, 2.45) is 4.99 Å². The minimum absolute atomic E-state index is 0.0254. The van der Waals surface area contributed by atoms with E-state index in [9.17, 15) is 10.1 Å². The number of nitriles is 1. The summed E-state index contributed by atoms with van der Waals surface area (Å²) in [5.74, 6) is 0. The van der Waals surface area contributed by atoms with E-state index in [1.54, 1.807) is 12.4 Å². The molecule has 0 aliphatic rings. The smallest absolute Gasteiger partial charge is 0.288 e. The molecule has 0 saturated heterocycles. The van der Waals surface area contributed by atoms with Crippen LogP contribution in [0.3, 0.4) is 0 Å². The van der Waals surface area contributed by atoms with E-state index < -0.39 is 4.92 Å². The molecule has 0 unspecified atom stereocenters. The number of hydrogen-bond acceptors (Lipinski definition) is 5. The highest BCUT2D eigenvalue weighted by Crippen LogP contribution is 2.27. The highest BCUT2D eigenvalue weighted by Gasteiger charge is 2.12. The summed E-state index contributed by atoms with van der Waals surface area (Å²) >= 11 is 6.98. The second kappa shape index (κ2) is 6.08. The largest absolute Gasteiger partial charge is 0.334 e. The second-order valence-electron chi connectivity index (χ2n) is 2.77. The monoisotopic (exact) mass is 270 g/mol. The summed E-state index contributed by atoms with van der Waals surface area (Å²) in [5, 5.41) is 22.2. The van der Waals surface area contributed by atoms with Crippen molar-refractivity contribution in [3.05, 3.63) is 33.3 Å². The first-order chi connectivity index (χ1) is 8.08. The molecule has 0 saturated carbocycles. The van der Waals surface area contributed by atoms with Crippen LogP contribution in [0.5, 0.6) is 0 Å². The van der Waals surface area contributed by atoms with E-state index in [2.05, 4.69) is 10.3 Å². The highest BCUT2D eigenvalue weighted by molar-refractivity contribution is 8.13. The lowest BCUT2D eigenvalue weighted by Crippen LogP contribution is -2.06. The molecule has 8 heteroatoms. The molecule has 0 heterocycles. The van der Waals surface area contributed by atoms with Crippen LogP contribution in [0.15, 0.2) is 23.2 Å². The fourth-order valence-corrected chi connectivity index (χ4v) is 1.63. The van der Waals surface area contributed by atoms with Crippen LogP contribution >= 0.6 is 23.4 Å². The molecule has 17 heavy (non-hydrogen) atoms. The van der Waals surface area contributed by atoms with Crippen molar-refractivity contribution in [2.45, 2.75) is 0 Å². The zero-order valence-electron chi connectivity index (χ0n) is 8.68. The third kappa shape index (κ3) is 3.62. The van der Waals surface area contributed by atoms with Crippen LogP contribution in [-0.2, 0) is 0 Å². The second-order valence-corrected chi connectivity index (χ2v) is 3.97. The zero-order valence-corrected chi connectivity index (χ0v) is 10.2. The van der Waals surface area contributed by atoms with Gasteiger partial charge in [-0.3, -0.25) is 10.1 Å². The number of benzene rings is 1. The maximum absolute atomic E-state index is 10.5. The molecule has 1 aromatic carbocycles. The molecule has 6 nitrogen and oxygen atoms in total. The number of nitro benzene ring substituents is 1. The number of nitrogens with one attached hydrogen (secondary N) is 1. The normalized spacial score (nSPS) is 10.8. The van der Waals surface area contributed by atoms with Gasteiger partial charge >= 0.3 is 0 Å². The van der Waals surface area contributed by atoms with Crippen molar-refractivity contribution in [2.75, 3.05) is 11.6 Å². The van der Waals surface area contributed by atoms with Crippen LogP contribution in [-0.4, -0.2) is 16.3 Å². The van der Waals surface area contributed by atoms with Gasteiger partial charge in [0.05, 0.1) is 4.92 Å². The van der Waals surface area contributed by atoms with E-state index in [0.29, 0.717) is 10.9 Å². The molecule has 0 aromatic heterocycles. The summed E-state index contributed by atoms with van der Waals surface area (Å²) in [5.41, 5.74) is 0.365. The lowest BCUT2D eigenvalue weighted by Gasteiger charge is -2.05. The molecular formula is C9H7ClN4O2S. The Morgan fingerprint density at radius 1 is 1.71 bits per heavy atom. The maximum Gasteiger partial charge on any atom is 0.288 e. The summed E-state index contributed by atoms with van der Waals surface area (Å²) in [6.45, 7) is 0. The minimum Gasteiger partial charge on any atom is -0.334 e. The molecule has 0 amide bonds. The van der Waals surface area contributed by atoms with Crippen molar-refractivity contribution in [1.29, 1.82) is 5.26 Å². The van der Waals surface area contributed by atoms with Gasteiger partial charge < -0.3 is 5.32 Å². The van der Waals surface area contributed by atoms with Crippen LogP contribution in [0.2, 0.25) is 5.02 Å². The van der Waals surface area contributed by atoms with Crippen LogP contribution in [0.4, 0.5) is 11.4 Å². The van der Waals surface area contributed by atoms with E-state index in [-0.39, 0.29) is 10.7 Å². The predicted octanol–water partition coefficient (Wildman–Crippen LogP) is 2.86. The van der Waals surface area contributed by atoms with Crippen molar-refractivity contribution in [3.63, 3.8) is 0 Å². The number of hydrogen-bond donors (Lipinski definition) is 1. The van der Waals surface area contributed by atoms with Crippen LogP contribution < -0.4 is 5.32 Å². The molecule has 1 aromatic rings. The van der Waals surface area contributed by atoms with Gasteiger partial charge in [0.1, 0.15) is 5.02 Å². The number of halogens is 1. The van der Waals surface area contributed by atoms with Crippen LogP contribution in [0.1, 0.15) is 0 Å². The molecule has 0 atom stereocenters. The Morgan fingerprint density at radius 2 is 2.41 bits per heavy atom. The Bertz CT molecular complexity index is 512. The van der Waals surface area contributed by atoms with Gasteiger partial charge in [-0.15, -0.1) is 4.99 Å². The number of aliphatic imine (C=N–C) groups is 1. The van der Waals surface area contributed by atoms with Gasteiger partial charge in [-0.25, -0.2) is 0 Å². The number of amidine groups is 1. The number of nitro groups is 1. The summed E-state index contributed by atoms with van der Waals surface area (Å²) in [6, 6.07) is 4.19. The van der Waals surface area contributed by atoms with Crippen LogP contribution in [0, 0.1) is 21.6 Å². The summed E-state index contributed by atoms with van der Waals surface area (Å²) in [6.07, 6.45) is 3.39. The van der Waals surface area contributed by atoms with E-state index in [1.165, 1.54) is 30.0 Å². The molecule has 0 aliphatic heterocycles. The van der Waals surface area contributed by atoms with E-state index >= 15 is 0 Å². The lowest BCUT2D eigenvalue weighted by molar-refractivity contribution is -0.384. The van der Waals surface area contributed by atoms with Gasteiger partial charge in [-0.2, -0.15) is 5.26 Å².